The van der Waals surface area contributed by atoms with E-state index in [0.29, 0.717) is 0 Å². The number of aromatic nitrogens is 2. The molecule has 4 nitrogen and oxygen atoms in total. The van der Waals surface area contributed by atoms with Crippen LogP contribution in [0.4, 0.5) is 0 Å². The van der Waals surface area contributed by atoms with Crippen molar-refractivity contribution in [1.29, 1.82) is 0 Å². The second kappa shape index (κ2) is 4.89. The second-order valence-corrected chi connectivity index (χ2v) is 2.88. The second-order valence-electron chi connectivity index (χ2n) is 2.88. The van der Waals surface area contributed by atoms with Crippen molar-refractivity contribution in [3.05, 3.63) is 24.3 Å². The number of nitrogens with zero attached hydrogens (tertiary/aromatic N) is 2. The summed E-state index contributed by atoms with van der Waals surface area (Å²) < 4.78 is 5.24. The molecule has 1 aromatic heterocycles. The molecule has 2 N–H and O–H groups in total. The van der Waals surface area contributed by atoms with Crippen LogP contribution in [0.3, 0.4) is 0 Å². The summed E-state index contributed by atoms with van der Waals surface area (Å²) in [6.45, 7) is 2.04. The lowest BCUT2D eigenvalue weighted by atomic mass is 10.0. The first-order valence-electron chi connectivity index (χ1n) is 4.32. The van der Waals surface area contributed by atoms with Gasteiger partial charge in [-0.15, -0.1) is 0 Å². The first-order valence-corrected chi connectivity index (χ1v) is 4.32. The van der Waals surface area contributed by atoms with E-state index >= 15 is 0 Å². The molecule has 0 aliphatic carbocycles. The number of ether oxygens (including phenoxy) is 1. The van der Waals surface area contributed by atoms with Gasteiger partial charge in [0.1, 0.15) is 6.33 Å². The van der Waals surface area contributed by atoms with Crippen LogP contribution in [0.1, 0.15) is 24.9 Å². The van der Waals surface area contributed by atoms with E-state index in [2.05, 4.69) is 9.97 Å². The normalized spacial score (nSPS) is 15.3. The van der Waals surface area contributed by atoms with Crippen molar-refractivity contribution < 1.29 is 4.74 Å². The van der Waals surface area contributed by atoms with Gasteiger partial charge in [-0.2, -0.15) is 0 Å². The molecule has 0 amide bonds. The van der Waals surface area contributed by atoms with Gasteiger partial charge in [-0.25, -0.2) is 9.97 Å². The standard InChI is InChI=1S/C9H15N3O/c1-3-8(13-2)9(10)7-4-11-6-12-5-7/h4-6,8-9H,3,10H2,1-2H3. The van der Waals surface area contributed by atoms with E-state index < -0.39 is 0 Å². The van der Waals surface area contributed by atoms with Crippen LogP contribution >= 0.6 is 0 Å². The van der Waals surface area contributed by atoms with Crippen molar-refractivity contribution in [1.82, 2.24) is 9.97 Å². The summed E-state index contributed by atoms with van der Waals surface area (Å²) in [5, 5.41) is 0. The maximum Gasteiger partial charge on any atom is 0.115 e. The van der Waals surface area contributed by atoms with Gasteiger partial charge in [-0.05, 0) is 6.42 Å². The Morgan fingerprint density at radius 3 is 2.54 bits per heavy atom. The summed E-state index contributed by atoms with van der Waals surface area (Å²) in [7, 11) is 1.66. The van der Waals surface area contributed by atoms with Crippen molar-refractivity contribution in [2.24, 2.45) is 5.73 Å². The lowest BCUT2D eigenvalue weighted by Gasteiger charge is -2.20. The smallest absolute Gasteiger partial charge is 0.115 e. The molecule has 0 aliphatic rings. The van der Waals surface area contributed by atoms with Crippen LogP contribution in [-0.4, -0.2) is 23.2 Å². The van der Waals surface area contributed by atoms with Crippen molar-refractivity contribution in [2.75, 3.05) is 7.11 Å². The Hall–Kier alpha value is -1.00. The average Bonchev–Trinajstić information content (AvgIpc) is 2.21. The van der Waals surface area contributed by atoms with Crippen LogP contribution < -0.4 is 5.73 Å². The first kappa shape index (κ1) is 10.1. The Balaban J connectivity index is 2.72. The first-order chi connectivity index (χ1) is 6.29. The van der Waals surface area contributed by atoms with Gasteiger partial charge in [0.05, 0.1) is 12.1 Å². The van der Waals surface area contributed by atoms with Crippen LogP contribution in [0.2, 0.25) is 0 Å². The molecule has 4 heteroatoms. The van der Waals surface area contributed by atoms with E-state index in [1.54, 1.807) is 19.5 Å². The van der Waals surface area contributed by atoms with Gasteiger partial charge in [-0.1, -0.05) is 6.92 Å². The molecule has 2 unspecified atom stereocenters. The van der Waals surface area contributed by atoms with Crippen LogP contribution in [-0.2, 0) is 4.74 Å². The van der Waals surface area contributed by atoms with Gasteiger partial charge in [-0.3, -0.25) is 0 Å². The Kier molecular flexibility index (Phi) is 3.79. The molecule has 1 rings (SSSR count). The Morgan fingerprint density at radius 2 is 2.08 bits per heavy atom. The monoisotopic (exact) mass is 181 g/mol. The highest BCUT2D eigenvalue weighted by Gasteiger charge is 2.17. The Morgan fingerprint density at radius 1 is 1.46 bits per heavy atom. The molecule has 0 aromatic carbocycles. The molecule has 0 bridgehead atoms. The van der Waals surface area contributed by atoms with E-state index in [4.69, 9.17) is 10.5 Å². The number of nitrogens with two attached hydrogens (primary N) is 1. The summed E-state index contributed by atoms with van der Waals surface area (Å²) in [4.78, 5) is 7.82. The molecule has 0 aliphatic heterocycles. The zero-order valence-electron chi connectivity index (χ0n) is 7.97. The molecule has 0 radical (unpaired) electrons. The van der Waals surface area contributed by atoms with E-state index in [1.165, 1.54) is 6.33 Å². The highest BCUT2D eigenvalue weighted by Crippen LogP contribution is 2.16. The minimum Gasteiger partial charge on any atom is -0.379 e. The quantitative estimate of drug-likeness (QED) is 0.749. The largest absolute Gasteiger partial charge is 0.379 e. The Labute approximate surface area is 78.1 Å². The lowest BCUT2D eigenvalue weighted by Crippen LogP contribution is -2.27. The highest BCUT2D eigenvalue weighted by atomic mass is 16.5. The summed E-state index contributed by atoms with van der Waals surface area (Å²) in [6.07, 6.45) is 5.85. The van der Waals surface area contributed by atoms with Gasteiger partial charge in [0.25, 0.3) is 0 Å². The fraction of sp³-hybridized carbons (Fsp3) is 0.556. The molecule has 0 saturated carbocycles. The maximum atomic E-state index is 5.96. The lowest BCUT2D eigenvalue weighted by molar-refractivity contribution is 0.0770. The van der Waals surface area contributed by atoms with E-state index in [0.717, 1.165) is 12.0 Å². The highest BCUT2D eigenvalue weighted by molar-refractivity contribution is 5.10. The molecule has 0 saturated heterocycles. The third-order valence-electron chi connectivity index (χ3n) is 2.07. The SMILES string of the molecule is CCC(OC)C(N)c1cncnc1. The minimum atomic E-state index is -0.142. The fourth-order valence-corrected chi connectivity index (χ4v) is 1.26. The number of rotatable bonds is 4. The number of methoxy groups -OCH3 is 1. The van der Waals surface area contributed by atoms with E-state index in [-0.39, 0.29) is 12.1 Å². The van der Waals surface area contributed by atoms with Gasteiger partial charge in [0, 0.05) is 25.1 Å². The third kappa shape index (κ3) is 2.47. The minimum absolute atomic E-state index is 0.0333. The molecule has 1 heterocycles. The van der Waals surface area contributed by atoms with E-state index in [1.807, 2.05) is 6.92 Å². The zero-order chi connectivity index (χ0) is 9.68. The molecule has 0 spiro atoms. The Bertz CT molecular complexity index is 236. The van der Waals surface area contributed by atoms with Crippen molar-refractivity contribution in [3.8, 4) is 0 Å². The topological polar surface area (TPSA) is 61.0 Å². The molecular formula is C9H15N3O. The molecule has 2 atom stereocenters. The van der Waals surface area contributed by atoms with Crippen LogP contribution in [0.15, 0.2) is 18.7 Å². The zero-order valence-corrected chi connectivity index (χ0v) is 7.97. The molecular weight excluding hydrogens is 166 g/mol. The van der Waals surface area contributed by atoms with Crippen molar-refractivity contribution in [2.45, 2.75) is 25.5 Å². The van der Waals surface area contributed by atoms with Gasteiger partial charge < -0.3 is 10.5 Å². The van der Waals surface area contributed by atoms with E-state index in [9.17, 15) is 0 Å². The molecule has 13 heavy (non-hydrogen) atoms. The summed E-state index contributed by atoms with van der Waals surface area (Å²) in [5.41, 5.74) is 6.87. The predicted octanol–water partition coefficient (Wildman–Crippen LogP) is 0.901. The molecule has 72 valence electrons. The van der Waals surface area contributed by atoms with Gasteiger partial charge in [0.15, 0.2) is 0 Å². The van der Waals surface area contributed by atoms with Gasteiger partial charge in [0.2, 0.25) is 0 Å². The molecule has 0 fully saturated rings. The third-order valence-corrected chi connectivity index (χ3v) is 2.07. The van der Waals surface area contributed by atoms with Crippen LogP contribution in [0.5, 0.6) is 0 Å². The van der Waals surface area contributed by atoms with Gasteiger partial charge >= 0.3 is 0 Å². The summed E-state index contributed by atoms with van der Waals surface area (Å²) >= 11 is 0. The molecule has 1 aromatic rings. The number of hydrogen-bond acceptors (Lipinski definition) is 4. The number of hydrogen-bond donors (Lipinski definition) is 1. The summed E-state index contributed by atoms with van der Waals surface area (Å²) in [5.74, 6) is 0. The van der Waals surface area contributed by atoms with Crippen LogP contribution in [0, 0.1) is 0 Å². The van der Waals surface area contributed by atoms with Crippen molar-refractivity contribution in [3.63, 3.8) is 0 Å². The van der Waals surface area contributed by atoms with Crippen LogP contribution in [0.25, 0.3) is 0 Å². The van der Waals surface area contributed by atoms with Crippen molar-refractivity contribution >= 4 is 0 Å². The maximum absolute atomic E-state index is 5.96. The predicted molar refractivity (Wildman–Crippen MR) is 50.0 cm³/mol. The average molecular weight is 181 g/mol. The summed E-state index contributed by atoms with van der Waals surface area (Å²) in [6, 6.07) is -0.142. The fourth-order valence-electron chi connectivity index (χ4n) is 1.26.